The van der Waals surface area contributed by atoms with Gasteiger partial charge in [0.05, 0.1) is 0 Å². The van der Waals surface area contributed by atoms with Crippen molar-refractivity contribution >= 4 is 28.2 Å². The number of thioether (sulfide) groups is 1. The van der Waals surface area contributed by atoms with Gasteiger partial charge in [0.15, 0.2) is 5.13 Å². The van der Waals surface area contributed by atoms with Gasteiger partial charge in [0, 0.05) is 28.3 Å². The van der Waals surface area contributed by atoms with Crippen molar-refractivity contribution in [3.8, 4) is 0 Å². The van der Waals surface area contributed by atoms with Gasteiger partial charge in [-0.3, -0.25) is 0 Å². The van der Waals surface area contributed by atoms with Crippen LogP contribution in [0.4, 0.5) is 5.13 Å². The van der Waals surface area contributed by atoms with Crippen molar-refractivity contribution in [3.63, 3.8) is 0 Å². The zero-order chi connectivity index (χ0) is 12.8. The molecule has 0 amide bonds. The van der Waals surface area contributed by atoms with Crippen LogP contribution in [0.25, 0.3) is 0 Å². The first-order valence-corrected chi connectivity index (χ1v) is 7.97. The molecule has 2 rings (SSSR count). The number of nitrogens with one attached hydrogen (secondary N) is 1. The van der Waals surface area contributed by atoms with Crippen LogP contribution in [0, 0.1) is 6.92 Å². The van der Waals surface area contributed by atoms with E-state index in [1.165, 1.54) is 15.3 Å². The van der Waals surface area contributed by atoms with Crippen LogP contribution in [-0.4, -0.2) is 11.5 Å². The summed E-state index contributed by atoms with van der Waals surface area (Å²) in [7, 11) is 0. The van der Waals surface area contributed by atoms with E-state index in [9.17, 15) is 0 Å². The molecule has 0 spiro atoms. The van der Waals surface area contributed by atoms with Crippen LogP contribution < -0.4 is 5.32 Å². The predicted octanol–water partition coefficient (Wildman–Crippen LogP) is 4.57. The van der Waals surface area contributed by atoms with E-state index in [0.717, 1.165) is 23.8 Å². The quantitative estimate of drug-likeness (QED) is 0.784. The van der Waals surface area contributed by atoms with Gasteiger partial charge in [0.1, 0.15) is 0 Å². The molecule has 0 aliphatic carbocycles. The Morgan fingerprint density at radius 3 is 2.94 bits per heavy atom. The smallest absolute Gasteiger partial charge is 0.182 e. The Labute approximate surface area is 117 Å². The molecule has 2 nitrogen and oxygen atoms in total. The molecule has 1 N–H and O–H groups in total. The Balaban J connectivity index is 1.90. The molecule has 0 atom stereocenters. The summed E-state index contributed by atoms with van der Waals surface area (Å²) in [5, 5.41) is 4.36. The second-order valence-corrected chi connectivity index (χ2v) is 6.25. The molecule has 96 valence electrons. The third-order valence-corrected chi connectivity index (χ3v) is 4.91. The van der Waals surface area contributed by atoms with Crippen LogP contribution in [0.3, 0.4) is 0 Å². The zero-order valence-corrected chi connectivity index (χ0v) is 12.4. The summed E-state index contributed by atoms with van der Waals surface area (Å²) in [4.78, 5) is 7.06. The lowest BCUT2D eigenvalue weighted by atomic mass is 10.2. The summed E-state index contributed by atoms with van der Waals surface area (Å²) < 4.78 is 0. The average molecular weight is 278 g/mol. The summed E-state index contributed by atoms with van der Waals surface area (Å²) >= 11 is 3.63. The molecule has 0 radical (unpaired) electrons. The molecule has 0 unspecified atom stereocenters. The van der Waals surface area contributed by atoms with Crippen molar-refractivity contribution in [1.29, 1.82) is 0 Å². The van der Waals surface area contributed by atoms with E-state index in [1.54, 1.807) is 11.3 Å². The van der Waals surface area contributed by atoms with Crippen LogP contribution in [0.15, 0.2) is 35.4 Å². The van der Waals surface area contributed by atoms with E-state index in [-0.39, 0.29) is 0 Å². The third kappa shape index (κ3) is 3.75. The van der Waals surface area contributed by atoms with Gasteiger partial charge in [0.2, 0.25) is 0 Å². The number of aromatic nitrogens is 1. The van der Waals surface area contributed by atoms with Gasteiger partial charge in [0.25, 0.3) is 0 Å². The minimum absolute atomic E-state index is 0.996. The van der Waals surface area contributed by atoms with Crippen molar-refractivity contribution in [3.05, 3.63) is 40.9 Å². The van der Waals surface area contributed by atoms with Crippen molar-refractivity contribution in [2.24, 2.45) is 0 Å². The third-order valence-electron chi connectivity index (χ3n) is 2.54. The highest BCUT2D eigenvalue weighted by Gasteiger charge is 2.03. The highest BCUT2D eigenvalue weighted by molar-refractivity contribution is 7.98. The molecule has 0 bridgehead atoms. The standard InChI is InChI=1S/C14H18N2S2/c1-3-8-15-14-16-9-12(18-14)10-17-13-7-5-4-6-11(13)2/h4-7,9H,3,8,10H2,1-2H3,(H,15,16). The molecule has 0 fully saturated rings. The monoisotopic (exact) mass is 278 g/mol. The lowest BCUT2D eigenvalue weighted by molar-refractivity contribution is 0.976. The van der Waals surface area contributed by atoms with Crippen molar-refractivity contribution in [2.45, 2.75) is 30.9 Å². The lowest BCUT2D eigenvalue weighted by Crippen LogP contribution is -1.97. The second-order valence-electron chi connectivity index (χ2n) is 4.11. The van der Waals surface area contributed by atoms with Crippen LogP contribution >= 0.6 is 23.1 Å². The number of thiazole rings is 1. The normalized spacial score (nSPS) is 10.6. The number of anilines is 1. The molecular weight excluding hydrogens is 260 g/mol. The Bertz CT molecular complexity index is 494. The van der Waals surface area contributed by atoms with Crippen molar-refractivity contribution < 1.29 is 0 Å². The lowest BCUT2D eigenvalue weighted by Gasteiger charge is -2.03. The molecule has 18 heavy (non-hydrogen) atoms. The molecule has 1 heterocycles. The van der Waals surface area contributed by atoms with Crippen LogP contribution in [0.1, 0.15) is 23.8 Å². The number of aryl methyl sites for hydroxylation is 1. The molecule has 0 saturated heterocycles. The van der Waals surface area contributed by atoms with E-state index in [4.69, 9.17) is 0 Å². The van der Waals surface area contributed by atoms with Crippen molar-refractivity contribution in [1.82, 2.24) is 4.98 Å². The first-order chi connectivity index (χ1) is 8.79. The number of nitrogens with zero attached hydrogens (tertiary/aromatic N) is 1. The maximum absolute atomic E-state index is 4.38. The molecule has 0 saturated carbocycles. The van der Waals surface area contributed by atoms with Crippen molar-refractivity contribution in [2.75, 3.05) is 11.9 Å². The predicted molar refractivity (Wildman–Crippen MR) is 81.6 cm³/mol. The van der Waals surface area contributed by atoms with Crippen LogP contribution in [-0.2, 0) is 5.75 Å². The van der Waals surface area contributed by atoms with E-state index in [0.29, 0.717) is 0 Å². The fourth-order valence-electron chi connectivity index (χ4n) is 1.56. The largest absolute Gasteiger partial charge is 0.362 e. The van der Waals surface area contributed by atoms with Gasteiger partial charge in [-0.25, -0.2) is 4.98 Å². The fourth-order valence-corrected chi connectivity index (χ4v) is 3.44. The number of rotatable bonds is 6. The SMILES string of the molecule is CCCNc1ncc(CSc2ccccc2C)s1. The average Bonchev–Trinajstić information content (AvgIpc) is 2.83. The minimum atomic E-state index is 0.996. The van der Waals surface area contributed by atoms with Crippen LogP contribution in [0.2, 0.25) is 0 Å². The Morgan fingerprint density at radius 1 is 1.33 bits per heavy atom. The van der Waals surface area contributed by atoms with E-state index >= 15 is 0 Å². The second kappa shape index (κ2) is 6.81. The Morgan fingerprint density at radius 2 is 2.17 bits per heavy atom. The fraction of sp³-hybridized carbons (Fsp3) is 0.357. The summed E-state index contributed by atoms with van der Waals surface area (Å²) in [5.41, 5.74) is 1.34. The van der Waals surface area contributed by atoms with E-state index in [1.807, 2.05) is 18.0 Å². The molecule has 0 aliphatic heterocycles. The van der Waals surface area contributed by atoms with Crippen LogP contribution in [0.5, 0.6) is 0 Å². The topological polar surface area (TPSA) is 24.9 Å². The Kier molecular flexibility index (Phi) is 5.08. The first-order valence-electron chi connectivity index (χ1n) is 6.16. The van der Waals surface area contributed by atoms with Gasteiger partial charge in [-0.1, -0.05) is 25.1 Å². The van der Waals surface area contributed by atoms with Gasteiger partial charge < -0.3 is 5.32 Å². The highest BCUT2D eigenvalue weighted by atomic mass is 32.2. The molecule has 1 aromatic carbocycles. The van der Waals surface area contributed by atoms with E-state index < -0.39 is 0 Å². The van der Waals surface area contributed by atoms with Gasteiger partial charge in [-0.2, -0.15) is 0 Å². The molecule has 1 aromatic heterocycles. The molecule has 2 aromatic rings. The molecular formula is C14H18N2S2. The number of hydrogen-bond donors (Lipinski definition) is 1. The zero-order valence-electron chi connectivity index (χ0n) is 10.8. The van der Waals surface area contributed by atoms with Gasteiger partial charge in [-0.15, -0.1) is 23.1 Å². The molecule has 0 aliphatic rings. The maximum Gasteiger partial charge on any atom is 0.182 e. The van der Waals surface area contributed by atoms with Gasteiger partial charge in [-0.05, 0) is 25.0 Å². The highest BCUT2D eigenvalue weighted by Crippen LogP contribution is 2.29. The van der Waals surface area contributed by atoms with E-state index in [2.05, 4.69) is 48.4 Å². The first kappa shape index (κ1) is 13.4. The summed E-state index contributed by atoms with van der Waals surface area (Å²) in [6.07, 6.45) is 3.11. The summed E-state index contributed by atoms with van der Waals surface area (Å²) in [6, 6.07) is 8.51. The maximum atomic E-state index is 4.38. The number of hydrogen-bond acceptors (Lipinski definition) is 4. The Hall–Kier alpha value is -1.00. The summed E-state index contributed by atoms with van der Waals surface area (Å²) in [5.74, 6) is 0.996. The summed E-state index contributed by atoms with van der Waals surface area (Å²) in [6.45, 7) is 5.32. The van der Waals surface area contributed by atoms with Gasteiger partial charge >= 0.3 is 0 Å². The molecule has 4 heteroatoms. The number of benzene rings is 1. The minimum Gasteiger partial charge on any atom is -0.362 e.